The molecule has 0 saturated heterocycles. The molecule has 0 atom stereocenters. The first-order chi connectivity index (χ1) is 9.93. The Kier molecular flexibility index (Phi) is 4.98. The van der Waals surface area contributed by atoms with Crippen molar-refractivity contribution in [3.8, 4) is 0 Å². The van der Waals surface area contributed by atoms with E-state index in [0.29, 0.717) is 19.4 Å². The average Bonchev–Trinajstić information content (AvgIpc) is 2.85. The highest BCUT2D eigenvalue weighted by Crippen LogP contribution is 2.40. The molecule has 0 unspecified atom stereocenters. The summed E-state index contributed by atoms with van der Waals surface area (Å²) in [7, 11) is 1.73. The molecule has 1 aliphatic carbocycles. The van der Waals surface area contributed by atoms with Crippen LogP contribution >= 0.6 is 11.3 Å². The number of thiazole rings is 1. The van der Waals surface area contributed by atoms with Gasteiger partial charge in [-0.25, -0.2) is 4.98 Å². The Bertz CT molecular complexity index is 521. The molecule has 1 aromatic heterocycles. The van der Waals surface area contributed by atoms with E-state index in [1.165, 1.54) is 0 Å². The van der Waals surface area contributed by atoms with Crippen LogP contribution in [0.5, 0.6) is 0 Å². The van der Waals surface area contributed by atoms with Crippen molar-refractivity contribution in [2.45, 2.75) is 52.0 Å². The van der Waals surface area contributed by atoms with Gasteiger partial charge in [0.2, 0.25) is 5.91 Å². The number of aliphatic carboxylic acids is 1. The van der Waals surface area contributed by atoms with Crippen LogP contribution in [0.1, 0.15) is 48.4 Å². The van der Waals surface area contributed by atoms with Crippen molar-refractivity contribution in [1.82, 2.24) is 9.88 Å². The lowest BCUT2D eigenvalue weighted by molar-refractivity contribution is -0.155. The highest BCUT2D eigenvalue weighted by atomic mass is 32.1. The van der Waals surface area contributed by atoms with E-state index in [0.717, 1.165) is 29.1 Å². The van der Waals surface area contributed by atoms with Crippen LogP contribution in [0.3, 0.4) is 0 Å². The molecule has 1 aromatic rings. The molecule has 116 valence electrons. The molecule has 1 aliphatic rings. The Morgan fingerprint density at radius 2 is 2.05 bits per heavy atom. The van der Waals surface area contributed by atoms with Crippen molar-refractivity contribution in [2.75, 3.05) is 7.05 Å². The van der Waals surface area contributed by atoms with Crippen LogP contribution in [-0.2, 0) is 16.1 Å². The summed E-state index contributed by atoms with van der Waals surface area (Å²) in [6, 6.07) is 0. The van der Waals surface area contributed by atoms with Gasteiger partial charge in [-0.2, -0.15) is 0 Å². The normalized spacial score (nSPS) is 17.4. The van der Waals surface area contributed by atoms with E-state index in [2.05, 4.69) is 4.98 Å². The zero-order valence-electron chi connectivity index (χ0n) is 12.6. The molecule has 1 fully saturated rings. The van der Waals surface area contributed by atoms with Crippen LogP contribution in [0, 0.1) is 12.3 Å². The van der Waals surface area contributed by atoms with Gasteiger partial charge in [0.1, 0.15) is 0 Å². The molecule has 0 spiro atoms. The van der Waals surface area contributed by atoms with Crippen molar-refractivity contribution in [3.05, 3.63) is 16.1 Å². The first kappa shape index (κ1) is 15.9. The van der Waals surface area contributed by atoms with Crippen LogP contribution in [0.15, 0.2) is 6.20 Å². The first-order valence-corrected chi connectivity index (χ1v) is 8.13. The Labute approximate surface area is 129 Å². The fourth-order valence-electron chi connectivity index (χ4n) is 2.92. The Hall–Kier alpha value is -1.43. The first-order valence-electron chi connectivity index (χ1n) is 7.32. The van der Waals surface area contributed by atoms with Gasteiger partial charge in [0.15, 0.2) is 0 Å². The van der Waals surface area contributed by atoms with Gasteiger partial charge >= 0.3 is 5.97 Å². The van der Waals surface area contributed by atoms with E-state index in [1.807, 2.05) is 6.92 Å². The van der Waals surface area contributed by atoms with Gasteiger partial charge < -0.3 is 10.0 Å². The molecule has 0 aliphatic heterocycles. The van der Waals surface area contributed by atoms with E-state index in [4.69, 9.17) is 0 Å². The minimum atomic E-state index is -0.854. The third-order valence-electron chi connectivity index (χ3n) is 4.24. The topological polar surface area (TPSA) is 70.5 Å². The predicted molar refractivity (Wildman–Crippen MR) is 81.1 cm³/mol. The second-order valence-electron chi connectivity index (χ2n) is 5.92. The van der Waals surface area contributed by atoms with Gasteiger partial charge in [-0.3, -0.25) is 9.59 Å². The van der Waals surface area contributed by atoms with Gasteiger partial charge in [-0.1, -0.05) is 19.3 Å². The molecule has 1 N–H and O–H groups in total. The summed E-state index contributed by atoms with van der Waals surface area (Å²) in [6.07, 6.45) is 5.98. The number of carbonyl (C=O) groups is 2. The molecular formula is C15H22N2O3S. The molecule has 0 aromatic carbocycles. The minimum Gasteiger partial charge on any atom is -0.481 e. The van der Waals surface area contributed by atoms with E-state index >= 15 is 0 Å². The molecule has 1 saturated carbocycles. The maximum absolute atomic E-state index is 12.4. The second kappa shape index (κ2) is 6.56. The summed E-state index contributed by atoms with van der Waals surface area (Å²) in [6.45, 7) is 2.43. The maximum Gasteiger partial charge on any atom is 0.310 e. The minimum absolute atomic E-state index is 0.0923. The van der Waals surface area contributed by atoms with Gasteiger partial charge in [-0.05, 0) is 19.8 Å². The number of aromatic nitrogens is 1. The quantitative estimate of drug-likeness (QED) is 0.908. The largest absolute Gasteiger partial charge is 0.481 e. The van der Waals surface area contributed by atoms with Crippen molar-refractivity contribution in [1.29, 1.82) is 0 Å². The number of aryl methyl sites for hydroxylation is 1. The summed E-state index contributed by atoms with van der Waals surface area (Å²) < 4.78 is 0. The molecular weight excluding hydrogens is 288 g/mol. The fraction of sp³-hybridized carbons (Fsp3) is 0.667. The lowest BCUT2D eigenvalue weighted by atomic mass is 9.71. The number of carbonyl (C=O) groups excluding carboxylic acids is 1. The van der Waals surface area contributed by atoms with Crippen molar-refractivity contribution < 1.29 is 14.7 Å². The zero-order chi connectivity index (χ0) is 15.5. The summed E-state index contributed by atoms with van der Waals surface area (Å²) >= 11 is 1.56. The van der Waals surface area contributed by atoms with Gasteiger partial charge in [0.05, 0.1) is 17.0 Å². The third-order valence-corrected chi connectivity index (χ3v) is 5.14. The number of hydrogen-bond donors (Lipinski definition) is 1. The molecule has 6 heteroatoms. The lowest BCUT2D eigenvalue weighted by Gasteiger charge is -2.33. The second-order valence-corrected chi connectivity index (χ2v) is 7.24. The number of rotatable bonds is 5. The molecule has 5 nitrogen and oxygen atoms in total. The van der Waals surface area contributed by atoms with Crippen LogP contribution in [-0.4, -0.2) is 33.9 Å². The monoisotopic (exact) mass is 310 g/mol. The number of nitrogens with zero attached hydrogens (tertiary/aromatic N) is 2. The van der Waals surface area contributed by atoms with E-state index in [9.17, 15) is 14.7 Å². The highest BCUT2D eigenvalue weighted by molar-refractivity contribution is 7.11. The summed E-state index contributed by atoms with van der Waals surface area (Å²) in [5, 5.41) is 10.5. The third kappa shape index (κ3) is 3.81. The van der Waals surface area contributed by atoms with Crippen molar-refractivity contribution in [2.24, 2.45) is 5.41 Å². The molecule has 1 amide bonds. The van der Waals surface area contributed by atoms with Crippen LogP contribution in [0.2, 0.25) is 0 Å². The van der Waals surface area contributed by atoms with Crippen LogP contribution < -0.4 is 0 Å². The Morgan fingerprint density at radius 1 is 1.38 bits per heavy atom. The number of amides is 1. The summed E-state index contributed by atoms with van der Waals surface area (Å²) in [5.41, 5.74) is -0.854. The predicted octanol–water partition coefficient (Wildman–Crippen LogP) is 2.84. The van der Waals surface area contributed by atoms with Gasteiger partial charge in [-0.15, -0.1) is 11.3 Å². The smallest absolute Gasteiger partial charge is 0.310 e. The Morgan fingerprint density at radius 3 is 2.57 bits per heavy atom. The SMILES string of the molecule is Cc1ncc(CN(C)C(=O)CC2(C(=O)O)CCCCC2)s1. The zero-order valence-corrected chi connectivity index (χ0v) is 13.4. The maximum atomic E-state index is 12.4. The Balaban J connectivity index is 1.99. The van der Waals surface area contributed by atoms with Gasteiger partial charge in [0, 0.05) is 24.5 Å². The number of carboxylic acid groups (broad SMARTS) is 1. The molecule has 0 radical (unpaired) electrons. The molecule has 1 heterocycles. The van der Waals surface area contributed by atoms with Crippen molar-refractivity contribution >= 4 is 23.2 Å². The van der Waals surface area contributed by atoms with Gasteiger partial charge in [0.25, 0.3) is 0 Å². The fourth-order valence-corrected chi connectivity index (χ4v) is 3.77. The summed E-state index contributed by atoms with van der Waals surface area (Å²) in [4.78, 5) is 30.8. The summed E-state index contributed by atoms with van der Waals surface area (Å²) in [5.74, 6) is -0.914. The van der Waals surface area contributed by atoms with E-state index in [1.54, 1.807) is 29.5 Å². The molecule has 21 heavy (non-hydrogen) atoms. The van der Waals surface area contributed by atoms with E-state index in [-0.39, 0.29) is 12.3 Å². The molecule has 0 bridgehead atoms. The number of hydrogen-bond acceptors (Lipinski definition) is 4. The van der Waals surface area contributed by atoms with Crippen LogP contribution in [0.25, 0.3) is 0 Å². The lowest BCUT2D eigenvalue weighted by Crippen LogP contribution is -2.39. The highest BCUT2D eigenvalue weighted by Gasteiger charge is 2.41. The van der Waals surface area contributed by atoms with Crippen LogP contribution in [0.4, 0.5) is 0 Å². The standard InChI is InChI=1S/C15H22N2O3S/c1-11-16-9-12(21-11)10-17(2)13(18)8-15(14(19)20)6-4-3-5-7-15/h9H,3-8,10H2,1-2H3,(H,19,20). The van der Waals surface area contributed by atoms with E-state index < -0.39 is 11.4 Å². The number of carboxylic acids is 1. The van der Waals surface area contributed by atoms with Crippen molar-refractivity contribution in [3.63, 3.8) is 0 Å². The molecule has 2 rings (SSSR count). The average molecular weight is 310 g/mol.